The van der Waals surface area contributed by atoms with Gasteiger partial charge in [-0.1, -0.05) is 30.9 Å². The molecule has 0 fully saturated rings. The van der Waals surface area contributed by atoms with Crippen molar-refractivity contribution in [1.29, 1.82) is 0 Å². The molecule has 0 saturated carbocycles. The van der Waals surface area contributed by atoms with Crippen molar-refractivity contribution in [2.45, 2.75) is 33.3 Å². The van der Waals surface area contributed by atoms with Gasteiger partial charge in [0.05, 0.1) is 12.8 Å². The van der Waals surface area contributed by atoms with E-state index in [1.54, 1.807) is 0 Å². The molecule has 0 aliphatic carbocycles. The van der Waals surface area contributed by atoms with E-state index in [2.05, 4.69) is 6.58 Å². The molecule has 5 nitrogen and oxygen atoms in total. The Hall–Kier alpha value is -2.14. The van der Waals surface area contributed by atoms with Crippen LogP contribution in [0.3, 0.4) is 0 Å². The zero-order valence-corrected chi connectivity index (χ0v) is 12.7. The molecule has 0 aliphatic rings. The molecule has 1 aromatic rings. The molecule has 0 amide bonds. The number of ether oxygens (including phenoxy) is 2. The van der Waals surface area contributed by atoms with E-state index in [4.69, 9.17) is 9.47 Å². The third-order valence-electron chi connectivity index (χ3n) is 3.00. The molecule has 0 aromatic heterocycles. The second-order valence-corrected chi connectivity index (χ2v) is 4.49. The third-order valence-corrected chi connectivity index (χ3v) is 3.00. The number of carbonyl (C=O) groups is 2. The van der Waals surface area contributed by atoms with Gasteiger partial charge in [0.25, 0.3) is 0 Å². The maximum Gasteiger partial charge on any atom is 0.306 e. The quantitative estimate of drug-likeness (QED) is 0.616. The average Bonchev–Trinajstić information content (AvgIpc) is 2.44. The zero-order valence-electron chi connectivity index (χ0n) is 12.7. The van der Waals surface area contributed by atoms with Crippen molar-refractivity contribution in [3.05, 3.63) is 47.5 Å². The number of esters is 2. The molecule has 1 aromatic carbocycles. The van der Waals surface area contributed by atoms with E-state index < -0.39 is 11.9 Å². The first-order chi connectivity index (χ1) is 9.54. The molecule has 116 valence electrons. The fourth-order valence-electron chi connectivity index (χ4n) is 1.63. The van der Waals surface area contributed by atoms with Crippen molar-refractivity contribution in [2.24, 2.45) is 0 Å². The van der Waals surface area contributed by atoms with Crippen LogP contribution in [0.1, 0.15) is 29.5 Å². The van der Waals surface area contributed by atoms with Crippen molar-refractivity contribution in [3.8, 4) is 0 Å². The molecule has 0 radical (unpaired) electrons. The molecule has 0 spiro atoms. The summed E-state index contributed by atoms with van der Waals surface area (Å²) in [6, 6.07) is 5.86. The minimum absolute atomic E-state index is 0. The maximum absolute atomic E-state index is 11.5. The standard InChI is InChI=1S/C16H20O4.H3N/c1-4-10-19-15(17)8-9-16(18)20-11-14-7-5-6-12(2)13(14)3;/h4-7H,1,8-11H2,2-3H3;1H3. The number of hydrogen-bond acceptors (Lipinski definition) is 5. The van der Waals surface area contributed by atoms with Crippen LogP contribution in [0.5, 0.6) is 0 Å². The van der Waals surface area contributed by atoms with Crippen molar-refractivity contribution >= 4 is 11.9 Å². The summed E-state index contributed by atoms with van der Waals surface area (Å²) in [5.41, 5.74) is 3.25. The Morgan fingerprint density at radius 2 is 1.76 bits per heavy atom. The molecule has 3 N–H and O–H groups in total. The summed E-state index contributed by atoms with van der Waals surface area (Å²) < 4.78 is 9.93. The van der Waals surface area contributed by atoms with Gasteiger partial charge in [-0.2, -0.15) is 0 Å². The SMILES string of the molecule is C=CCOC(=O)CCC(=O)OCc1cccc(C)c1C.N. The first-order valence-corrected chi connectivity index (χ1v) is 6.52. The Bertz CT molecular complexity index is 497. The number of hydrogen-bond donors (Lipinski definition) is 1. The van der Waals surface area contributed by atoms with Gasteiger partial charge in [0.1, 0.15) is 13.2 Å². The van der Waals surface area contributed by atoms with Crippen LogP contribution in [0, 0.1) is 13.8 Å². The molecule has 0 saturated heterocycles. The highest BCUT2D eigenvalue weighted by Gasteiger charge is 2.10. The van der Waals surface area contributed by atoms with Gasteiger partial charge in [0.15, 0.2) is 0 Å². The van der Waals surface area contributed by atoms with E-state index in [1.807, 2.05) is 32.0 Å². The highest BCUT2D eigenvalue weighted by atomic mass is 16.5. The Balaban J connectivity index is 0.00000400. The summed E-state index contributed by atoms with van der Waals surface area (Å²) in [7, 11) is 0. The Labute approximate surface area is 125 Å². The fourth-order valence-corrected chi connectivity index (χ4v) is 1.63. The van der Waals surface area contributed by atoms with E-state index in [1.165, 1.54) is 6.08 Å². The highest BCUT2D eigenvalue weighted by molar-refractivity contribution is 5.77. The topological polar surface area (TPSA) is 87.6 Å². The number of benzene rings is 1. The molecule has 0 atom stereocenters. The first-order valence-electron chi connectivity index (χ1n) is 6.52. The second-order valence-electron chi connectivity index (χ2n) is 4.49. The predicted molar refractivity (Wildman–Crippen MR) is 81.1 cm³/mol. The summed E-state index contributed by atoms with van der Waals surface area (Å²) >= 11 is 0. The lowest BCUT2D eigenvalue weighted by atomic mass is 10.0. The third kappa shape index (κ3) is 6.72. The lowest BCUT2D eigenvalue weighted by molar-refractivity contribution is -0.150. The highest BCUT2D eigenvalue weighted by Crippen LogP contribution is 2.14. The fraction of sp³-hybridized carbons (Fsp3) is 0.375. The Morgan fingerprint density at radius 1 is 1.14 bits per heavy atom. The van der Waals surface area contributed by atoms with Crippen LogP contribution >= 0.6 is 0 Å². The summed E-state index contributed by atoms with van der Waals surface area (Å²) in [6.45, 7) is 7.83. The smallest absolute Gasteiger partial charge is 0.306 e. The van der Waals surface area contributed by atoms with E-state index in [0.717, 1.165) is 16.7 Å². The molecule has 21 heavy (non-hydrogen) atoms. The Morgan fingerprint density at radius 3 is 2.38 bits per heavy atom. The zero-order chi connectivity index (χ0) is 15.0. The van der Waals surface area contributed by atoms with Crippen LogP contribution in [0.25, 0.3) is 0 Å². The largest absolute Gasteiger partial charge is 0.461 e. The van der Waals surface area contributed by atoms with Gasteiger partial charge in [-0.05, 0) is 30.5 Å². The number of rotatable bonds is 7. The van der Waals surface area contributed by atoms with Crippen molar-refractivity contribution in [2.75, 3.05) is 6.61 Å². The van der Waals surface area contributed by atoms with Crippen molar-refractivity contribution < 1.29 is 19.1 Å². The Kier molecular flexibility index (Phi) is 8.73. The molecule has 5 heteroatoms. The maximum atomic E-state index is 11.5. The van der Waals surface area contributed by atoms with Crippen molar-refractivity contribution in [1.82, 2.24) is 6.15 Å². The van der Waals surface area contributed by atoms with E-state index in [0.29, 0.717) is 0 Å². The van der Waals surface area contributed by atoms with Gasteiger partial charge in [0.2, 0.25) is 0 Å². The summed E-state index contributed by atoms with van der Waals surface area (Å²) in [5, 5.41) is 0. The van der Waals surface area contributed by atoms with E-state index >= 15 is 0 Å². The lowest BCUT2D eigenvalue weighted by Gasteiger charge is -2.09. The van der Waals surface area contributed by atoms with Crippen molar-refractivity contribution in [3.63, 3.8) is 0 Å². The summed E-state index contributed by atoms with van der Waals surface area (Å²) in [4.78, 5) is 22.7. The number of aryl methyl sites for hydroxylation is 1. The van der Waals surface area contributed by atoms with E-state index in [9.17, 15) is 9.59 Å². The van der Waals surface area contributed by atoms with Gasteiger partial charge >= 0.3 is 11.9 Å². The van der Waals surface area contributed by atoms with Gasteiger partial charge in [0, 0.05) is 0 Å². The van der Waals surface area contributed by atoms with Gasteiger partial charge in [-0.15, -0.1) is 0 Å². The van der Waals surface area contributed by atoms with Crippen LogP contribution in [-0.4, -0.2) is 18.5 Å². The van der Waals surface area contributed by atoms with Crippen LogP contribution in [0.2, 0.25) is 0 Å². The molecule has 0 heterocycles. The molecular weight excluding hydrogens is 270 g/mol. The molecule has 0 unspecified atom stereocenters. The van der Waals surface area contributed by atoms with Gasteiger partial charge in [-0.3, -0.25) is 9.59 Å². The lowest BCUT2D eigenvalue weighted by Crippen LogP contribution is -2.10. The molecular formula is C16H23NO4. The minimum atomic E-state index is -0.423. The van der Waals surface area contributed by atoms with Crippen LogP contribution in [0.4, 0.5) is 0 Å². The average molecular weight is 293 g/mol. The summed E-state index contributed by atoms with van der Waals surface area (Å²) in [5.74, 6) is -0.824. The molecule has 0 aliphatic heterocycles. The van der Waals surface area contributed by atoms with E-state index in [-0.39, 0.29) is 32.2 Å². The second kappa shape index (κ2) is 9.72. The summed E-state index contributed by atoms with van der Waals surface area (Å²) in [6.07, 6.45) is 1.54. The van der Waals surface area contributed by atoms with Crippen LogP contribution < -0.4 is 6.15 Å². The van der Waals surface area contributed by atoms with Gasteiger partial charge in [-0.25, -0.2) is 0 Å². The van der Waals surface area contributed by atoms with Crippen LogP contribution in [-0.2, 0) is 25.7 Å². The van der Waals surface area contributed by atoms with Crippen LogP contribution in [0.15, 0.2) is 30.9 Å². The number of carbonyl (C=O) groups excluding carboxylic acids is 2. The molecule has 1 rings (SSSR count). The molecule has 0 bridgehead atoms. The van der Waals surface area contributed by atoms with Gasteiger partial charge < -0.3 is 15.6 Å². The first kappa shape index (κ1) is 18.9. The normalized spacial score (nSPS) is 9.43. The minimum Gasteiger partial charge on any atom is -0.461 e. The predicted octanol–water partition coefficient (Wildman–Crippen LogP) is 3.02. The monoisotopic (exact) mass is 293 g/mol.